The highest BCUT2D eigenvalue weighted by Crippen LogP contribution is 2.38. The van der Waals surface area contributed by atoms with E-state index in [1.165, 1.54) is 0 Å². The van der Waals surface area contributed by atoms with Gasteiger partial charge in [0.2, 0.25) is 5.91 Å². The Morgan fingerprint density at radius 3 is 2.53 bits per heavy atom. The van der Waals surface area contributed by atoms with E-state index in [4.69, 9.17) is 5.11 Å². The molecule has 4 unspecified atom stereocenters. The van der Waals surface area contributed by atoms with E-state index in [1.54, 1.807) is 0 Å². The number of carboxylic acid groups (broad SMARTS) is 1. The van der Waals surface area contributed by atoms with Crippen molar-refractivity contribution >= 4 is 11.9 Å². The van der Waals surface area contributed by atoms with Gasteiger partial charge in [-0.05, 0) is 33.2 Å². The fourth-order valence-corrected chi connectivity index (χ4v) is 2.49. The molecule has 0 spiro atoms. The van der Waals surface area contributed by atoms with Crippen LogP contribution in [0.5, 0.6) is 0 Å². The van der Waals surface area contributed by atoms with Gasteiger partial charge in [-0.3, -0.25) is 9.59 Å². The van der Waals surface area contributed by atoms with Gasteiger partial charge >= 0.3 is 5.97 Å². The summed E-state index contributed by atoms with van der Waals surface area (Å²) in [5, 5.41) is 11.8. The van der Waals surface area contributed by atoms with Gasteiger partial charge in [-0.1, -0.05) is 0 Å². The zero-order valence-electron chi connectivity index (χ0n) is 10.3. The van der Waals surface area contributed by atoms with Crippen molar-refractivity contribution in [1.29, 1.82) is 0 Å². The number of rotatable bonds is 3. The van der Waals surface area contributed by atoms with E-state index in [-0.39, 0.29) is 17.9 Å². The summed E-state index contributed by atoms with van der Waals surface area (Å²) >= 11 is 0. The highest BCUT2D eigenvalue weighted by Gasteiger charge is 2.48. The average molecular weight is 240 g/mol. The van der Waals surface area contributed by atoms with E-state index in [0.29, 0.717) is 12.5 Å². The maximum absolute atomic E-state index is 11.8. The van der Waals surface area contributed by atoms with Gasteiger partial charge in [0, 0.05) is 18.6 Å². The second-order valence-electron chi connectivity index (χ2n) is 5.35. The van der Waals surface area contributed by atoms with Gasteiger partial charge in [-0.15, -0.1) is 0 Å². The molecule has 1 aliphatic heterocycles. The quantitative estimate of drug-likeness (QED) is 0.744. The summed E-state index contributed by atoms with van der Waals surface area (Å²) in [6.45, 7) is 3.13. The largest absolute Gasteiger partial charge is 0.481 e. The molecule has 1 amide bonds. The molecule has 4 atom stereocenters. The number of nitrogens with one attached hydrogen (secondary N) is 1. The molecule has 2 N–H and O–H groups in total. The number of carboxylic acids is 1. The topological polar surface area (TPSA) is 69.6 Å². The van der Waals surface area contributed by atoms with Crippen LogP contribution in [0.1, 0.15) is 26.2 Å². The molecule has 1 aliphatic carbocycles. The maximum atomic E-state index is 11.8. The summed E-state index contributed by atoms with van der Waals surface area (Å²) in [6.07, 6.45) is 2.41. The summed E-state index contributed by atoms with van der Waals surface area (Å²) < 4.78 is 0. The fraction of sp³-hybridized carbons (Fsp3) is 0.833. The molecule has 5 heteroatoms. The second kappa shape index (κ2) is 4.64. The molecule has 2 aliphatic rings. The van der Waals surface area contributed by atoms with E-state index >= 15 is 0 Å². The molecular weight excluding hydrogens is 220 g/mol. The lowest BCUT2D eigenvalue weighted by Crippen LogP contribution is -2.47. The minimum absolute atomic E-state index is 0.0702. The lowest BCUT2D eigenvalue weighted by atomic mass is 9.99. The monoisotopic (exact) mass is 240 g/mol. The van der Waals surface area contributed by atoms with Crippen molar-refractivity contribution in [2.45, 2.75) is 38.3 Å². The van der Waals surface area contributed by atoms with Crippen LogP contribution in [0.4, 0.5) is 0 Å². The van der Waals surface area contributed by atoms with Crippen molar-refractivity contribution in [2.24, 2.45) is 11.8 Å². The van der Waals surface area contributed by atoms with Crippen LogP contribution in [0.2, 0.25) is 0 Å². The second-order valence-corrected chi connectivity index (χ2v) is 5.35. The predicted octanol–water partition coefficient (Wildman–Crippen LogP) is 0.306. The number of hydrogen-bond acceptors (Lipinski definition) is 3. The molecule has 0 radical (unpaired) electrons. The van der Waals surface area contributed by atoms with Crippen LogP contribution in [0.15, 0.2) is 0 Å². The Morgan fingerprint density at radius 1 is 1.29 bits per heavy atom. The first-order valence-electron chi connectivity index (χ1n) is 6.22. The van der Waals surface area contributed by atoms with Crippen molar-refractivity contribution in [1.82, 2.24) is 10.2 Å². The Labute approximate surface area is 101 Å². The van der Waals surface area contributed by atoms with Crippen molar-refractivity contribution in [2.75, 3.05) is 13.6 Å². The van der Waals surface area contributed by atoms with Gasteiger partial charge in [-0.25, -0.2) is 0 Å². The van der Waals surface area contributed by atoms with Crippen LogP contribution in [-0.4, -0.2) is 47.6 Å². The Kier molecular flexibility index (Phi) is 3.38. The third-order valence-corrected chi connectivity index (χ3v) is 4.00. The van der Waals surface area contributed by atoms with Crippen molar-refractivity contribution in [3.63, 3.8) is 0 Å². The van der Waals surface area contributed by atoms with Crippen molar-refractivity contribution in [3.05, 3.63) is 0 Å². The van der Waals surface area contributed by atoms with E-state index in [2.05, 4.69) is 24.2 Å². The van der Waals surface area contributed by atoms with Gasteiger partial charge in [0.15, 0.2) is 0 Å². The molecule has 2 rings (SSSR count). The lowest BCUT2D eigenvalue weighted by molar-refractivity contribution is -0.140. The van der Waals surface area contributed by atoms with Crippen molar-refractivity contribution in [3.8, 4) is 0 Å². The zero-order chi connectivity index (χ0) is 12.6. The average Bonchev–Trinajstić information content (AvgIpc) is 3.03. The number of amides is 1. The summed E-state index contributed by atoms with van der Waals surface area (Å²) in [7, 11) is 2.09. The molecule has 0 aromatic heterocycles. The third kappa shape index (κ3) is 2.77. The minimum Gasteiger partial charge on any atom is -0.481 e. The van der Waals surface area contributed by atoms with E-state index in [9.17, 15) is 9.59 Å². The molecule has 96 valence electrons. The first-order valence-corrected chi connectivity index (χ1v) is 6.22. The summed E-state index contributed by atoms with van der Waals surface area (Å²) in [6, 6.07) is 0.687. The number of likely N-dealkylation sites (tertiary alicyclic amines) is 1. The molecule has 0 aromatic carbocycles. The molecule has 2 fully saturated rings. The number of carbonyl (C=O) groups is 2. The number of aliphatic carboxylic acids is 1. The van der Waals surface area contributed by atoms with E-state index in [0.717, 1.165) is 19.4 Å². The molecule has 1 saturated heterocycles. The zero-order valence-corrected chi connectivity index (χ0v) is 10.3. The van der Waals surface area contributed by atoms with Crippen LogP contribution in [-0.2, 0) is 9.59 Å². The third-order valence-electron chi connectivity index (χ3n) is 4.00. The smallest absolute Gasteiger partial charge is 0.307 e. The first kappa shape index (κ1) is 12.4. The molecule has 0 bridgehead atoms. The lowest BCUT2D eigenvalue weighted by Gasteiger charge is -2.35. The van der Waals surface area contributed by atoms with Gasteiger partial charge in [0.1, 0.15) is 0 Å². The van der Waals surface area contributed by atoms with Gasteiger partial charge < -0.3 is 15.3 Å². The highest BCUT2D eigenvalue weighted by atomic mass is 16.4. The molecule has 1 saturated carbocycles. The van der Waals surface area contributed by atoms with Crippen LogP contribution in [0.3, 0.4) is 0 Å². The van der Waals surface area contributed by atoms with Crippen LogP contribution < -0.4 is 5.32 Å². The molecule has 5 nitrogen and oxygen atoms in total. The maximum Gasteiger partial charge on any atom is 0.307 e. The Balaban J connectivity index is 1.78. The van der Waals surface area contributed by atoms with Gasteiger partial charge in [0.05, 0.1) is 11.8 Å². The van der Waals surface area contributed by atoms with E-state index < -0.39 is 11.9 Å². The standard InChI is InChI=1S/C12H20N2O3/c1-7-5-8(3-4-14(7)2)13-11(15)9-6-10(9)12(16)17/h7-10H,3-6H2,1-2H3,(H,13,15)(H,16,17). The van der Waals surface area contributed by atoms with Gasteiger partial charge in [-0.2, -0.15) is 0 Å². The highest BCUT2D eigenvalue weighted by molar-refractivity contribution is 5.89. The SMILES string of the molecule is CC1CC(NC(=O)C2CC2C(=O)O)CCN1C. The normalized spacial score (nSPS) is 37.5. The number of nitrogens with zero attached hydrogens (tertiary/aromatic N) is 1. The number of piperidine rings is 1. The van der Waals surface area contributed by atoms with Gasteiger partial charge in [0.25, 0.3) is 0 Å². The molecular formula is C12H20N2O3. The fourth-order valence-electron chi connectivity index (χ4n) is 2.49. The minimum atomic E-state index is -0.845. The number of carbonyl (C=O) groups excluding carboxylic acids is 1. The van der Waals surface area contributed by atoms with Crippen LogP contribution in [0, 0.1) is 11.8 Å². The Morgan fingerprint density at radius 2 is 2.00 bits per heavy atom. The summed E-state index contributed by atoms with van der Waals surface area (Å²) in [5.41, 5.74) is 0. The van der Waals surface area contributed by atoms with Crippen LogP contribution >= 0.6 is 0 Å². The summed E-state index contributed by atoms with van der Waals surface area (Å²) in [5.74, 6) is -1.65. The molecule has 17 heavy (non-hydrogen) atoms. The Bertz CT molecular complexity index is 332. The van der Waals surface area contributed by atoms with Crippen LogP contribution in [0.25, 0.3) is 0 Å². The predicted molar refractivity (Wildman–Crippen MR) is 62.5 cm³/mol. The number of hydrogen-bond donors (Lipinski definition) is 2. The first-order chi connectivity index (χ1) is 7.99. The van der Waals surface area contributed by atoms with Crippen molar-refractivity contribution < 1.29 is 14.7 Å². The molecule has 1 heterocycles. The van der Waals surface area contributed by atoms with E-state index in [1.807, 2.05) is 0 Å². The Hall–Kier alpha value is -1.10. The summed E-state index contributed by atoms with van der Waals surface area (Å²) in [4.78, 5) is 24.7. The molecule has 0 aromatic rings.